The van der Waals surface area contributed by atoms with Gasteiger partial charge >= 0.3 is 0 Å². The van der Waals surface area contributed by atoms with Crippen LogP contribution in [0.4, 0.5) is 15.8 Å². The topological polar surface area (TPSA) is 55.9 Å². The van der Waals surface area contributed by atoms with E-state index in [0.717, 1.165) is 49.5 Å². The second-order valence-electron chi connectivity index (χ2n) is 9.85. The molecule has 1 amide bonds. The molecule has 6 nitrogen and oxygen atoms in total. The summed E-state index contributed by atoms with van der Waals surface area (Å²) in [6.07, 6.45) is 6.00. The highest BCUT2D eigenvalue weighted by Gasteiger charge is 2.27. The maximum absolute atomic E-state index is 14.7. The average Bonchev–Trinajstić information content (AvgIpc) is 2.91. The van der Waals surface area contributed by atoms with Gasteiger partial charge in [-0.05, 0) is 62.1 Å². The van der Waals surface area contributed by atoms with Crippen LogP contribution < -0.4 is 14.5 Å². The Balaban J connectivity index is 1.56. The Morgan fingerprint density at radius 2 is 1.62 bits per heavy atom. The van der Waals surface area contributed by atoms with Crippen molar-refractivity contribution in [2.45, 2.75) is 42.4 Å². The lowest BCUT2D eigenvalue weighted by molar-refractivity contribution is 0.0747. The number of nitrogens with zero attached hydrogens (tertiary/aromatic N) is 3. The number of benzene rings is 2. The number of nitrogens with one attached hydrogen (secondary N) is 1. The molecule has 0 aliphatic carbocycles. The number of carbonyl (C=O) groups excluding carboxylic acids is 1. The van der Waals surface area contributed by atoms with Gasteiger partial charge in [-0.1, -0.05) is 18.7 Å². The first-order valence-electron chi connectivity index (χ1n) is 13.0. The molecule has 1 unspecified atom stereocenters. The molecule has 9 heteroatoms. The molecule has 4 rings (SSSR count). The number of hydrogen-bond donors (Lipinski definition) is 1. The van der Waals surface area contributed by atoms with Crippen molar-refractivity contribution in [3.05, 3.63) is 47.8 Å². The van der Waals surface area contributed by atoms with Gasteiger partial charge in [-0.15, -0.1) is 9.39 Å². The average molecular weight is 547 g/mol. The normalized spacial score (nSPS) is 17.6. The summed E-state index contributed by atoms with van der Waals surface area (Å²) in [4.78, 5) is 21.5. The van der Waals surface area contributed by atoms with Gasteiger partial charge in [0.25, 0.3) is 5.91 Å². The third-order valence-corrected chi connectivity index (χ3v) is 9.96. The third kappa shape index (κ3) is 6.38. The molecule has 0 spiro atoms. The Labute approximate surface area is 223 Å². The molecule has 202 valence electrons. The summed E-state index contributed by atoms with van der Waals surface area (Å²) in [6.45, 7) is 6.92. The lowest BCUT2D eigenvalue weighted by Gasteiger charge is -2.37. The van der Waals surface area contributed by atoms with Crippen molar-refractivity contribution in [2.75, 3.05) is 61.9 Å². The highest BCUT2D eigenvalue weighted by atomic mass is 32.2. The standard InChI is InChI=1S/C28H39FN4O2S2/c1-5-13-30-37(3,4)23-10-12-26(31-14-7-6-8-15-31)24(21-23)28(34)33-18-16-32(17-19-33)27-11-9-22(36(2)35)20-25(27)29/h9-12,20-21,30H,3-8,13-19H2,1-2H3. The summed E-state index contributed by atoms with van der Waals surface area (Å²) in [5, 5.41) is 0. The van der Waals surface area contributed by atoms with E-state index in [-0.39, 0.29) is 11.7 Å². The second-order valence-corrected chi connectivity index (χ2v) is 13.8. The summed E-state index contributed by atoms with van der Waals surface area (Å²) in [7, 11) is -2.95. The number of anilines is 2. The monoisotopic (exact) mass is 546 g/mol. The first-order valence-corrected chi connectivity index (χ1v) is 16.5. The molecular formula is C28H39FN4O2S2. The number of halogens is 1. The van der Waals surface area contributed by atoms with Crippen LogP contribution >= 0.6 is 9.39 Å². The summed E-state index contributed by atoms with van der Waals surface area (Å²) in [6, 6.07) is 10.9. The summed E-state index contributed by atoms with van der Waals surface area (Å²) in [5.74, 6) is 8.35. The van der Waals surface area contributed by atoms with Gasteiger partial charge in [-0.2, -0.15) is 0 Å². The molecule has 2 heterocycles. The SMILES string of the molecule is C=S(=C)(NCCC)c1ccc(N2CCCCC2)c(C(=O)N2CCN(c3ccc(S(C)=O)cc3F)CC2)c1. The lowest BCUT2D eigenvalue weighted by Crippen LogP contribution is -2.49. The van der Waals surface area contributed by atoms with Crippen LogP contribution in [0, 0.1) is 5.82 Å². The fraction of sp³-hybridized carbons (Fsp3) is 0.464. The Hall–Kier alpha value is -2.36. The molecule has 2 aliphatic rings. The van der Waals surface area contributed by atoms with Crippen molar-refractivity contribution in [1.82, 2.24) is 9.62 Å². The quantitative estimate of drug-likeness (QED) is 0.496. The van der Waals surface area contributed by atoms with Crippen molar-refractivity contribution in [3.8, 4) is 0 Å². The van der Waals surface area contributed by atoms with Crippen molar-refractivity contribution in [1.29, 1.82) is 0 Å². The largest absolute Gasteiger partial charge is 0.371 e. The van der Waals surface area contributed by atoms with Gasteiger partial charge < -0.3 is 14.7 Å². The van der Waals surface area contributed by atoms with Crippen LogP contribution in [0.5, 0.6) is 0 Å². The van der Waals surface area contributed by atoms with Crippen LogP contribution in [0.15, 0.2) is 46.2 Å². The minimum absolute atomic E-state index is 0.00460. The van der Waals surface area contributed by atoms with Gasteiger partial charge in [0.05, 0.1) is 11.3 Å². The van der Waals surface area contributed by atoms with Gasteiger partial charge in [0.1, 0.15) is 5.82 Å². The minimum Gasteiger partial charge on any atom is -0.371 e. The van der Waals surface area contributed by atoms with Crippen molar-refractivity contribution in [3.63, 3.8) is 0 Å². The molecule has 2 aromatic carbocycles. The molecule has 0 saturated carbocycles. The number of piperidine rings is 1. The zero-order valence-electron chi connectivity index (χ0n) is 22.0. The van der Waals surface area contributed by atoms with E-state index >= 15 is 0 Å². The number of carbonyl (C=O) groups is 1. The predicted octanol–water partition coefficient (Wildman–Crippen LogP) is 4.46. The van der Waals surface area contributed by atoms with E-state index in [0.29, 0.717) is 42.3 Å². The van der Waals surface area contributed by atoms with E-state index in [9.17, 15) is 13.4 Å². The zero-order valence-corrected chi connectivity index (χ0v) is 23.6. The van der Waals surface area contributed by atoms with E-state index < -0.39 is 20.2 Å². The molecular weight excluding hydrogens is 507 g/mol. The maximum Gasteiger partial charge on any atom is 0.256 e. The van der Waals surface area contributed by atoms with Gasteiger partial charge in [0.2, 0.25) is 0 Å². The number of hydrogen-bond acceptors (Lipinski definition) is 5. The molecule has 2 aliphatic heterocycles. The van der Waals surface area contributed by atoms with Crippen molar-refractivity contribution in [2.24, 2.45) is 0 Å². The van der Waals surface area contributed by atoms with E-state index in [4.69, 9.17) is 0 Å². The molecule has 2 saturated heterocycles. The van der Waals surface area contributed by atoms with Crippen LogP contribution in [-0.4, -0.2) is 78.8 Å². The van der Waals surface area contributed by atoms with E-state index in [1.54, 1.807) is 18.4 Å². The summed E-state index contributed by atoms with van der Waals surface area (Å²) in [5.41, 5.74) is 2.17. The summed E-state index contributed by atoms with van der Waals surface area (Å²) < 4.78 is 29.9. The molecule has 0 radical (unpaired) electrons. The van der Waals surface area contributed by atoms with Gasteiger partial charge in [0.15, 0.2) is 0 Å². The number of amides is 1. The Morgan fingerprint density at radius 3 is 2.24 bits per heavy atom. The fourth-order valence-electron chi connectivity index (χ4n) is 4.96. The molecule has 37 heavy (non-hydrogen) atoms. The number of piperazine rings is 1. The molecule has 2 fully saturated rings. The van der Waals surface area contributed by atoms with Crippen LogP contribution in [0.25, 0.3) is 0 Å². The van der Waals surface area contributed by atoms with E-state index in [1.807, 2.05) is 15.9 Å². The Bertz CT molecular complexity index is 1250. The third-order valence-electron chi connectivity index (χ3n) is 7.13. The van der Waals surface area contributed by atoms with Crippen LogP contribution in [-0.2, 0) is 10.8 Å². The Morgan fingerprint density at radius 1 is 0.973 bits per heavy atom. The smallest absolute Gasteiger partial charge is 0.256 e. The van der Waals surface area contributed by atoms with Crippen LogP contribution in [0.2, 0.25) is 0 Å². The lowest BCUT2D eigenvalue weighted by atomic mass is 10.1. The van der Waals surface area contributed by atoms with Crippen LogP contribution in [0.3, 0.4) is 0 Å². The van der Waals surface area contributed by atoms with Crippen LogP contribution in [0.1, 0.15) is 43.0 Å². The molecule has 0 bridgehead atoms. The molecule has 1 N–H and O–H groups in total. The van der Waals surface area contributed by atoms with E-state index in [1.165, 1.54) is 12.5 Å². The Kier molecular flexibility index (Phi) is 8.98. The zero-order chi connectivity index (χ0) is 26.6. The minimum atomic E-state index is -1.73. The predicted molar refractivity (Wildman–Crippen MR) is 158 cm³/mol. The van der Waals surface area contributed by atoms with Gasteiger partial charge in [-0.25, -0.2) is 4.39 Å². The fourth-order valence-corrected chi connectivity index (χ4v) is 6.93. The first-order chi connectivity index (χ1) is 17.7. The maximum atomic E-state index is 14.7. The van der Waals surface area contributed by atoms with Crippen molar-refractivity contribution >= 4 is 49.2 Å². The molecule has 0 aromatic heterocycles. The highest BCUT2D eigenvalue weighted by Crippen LogP contribution is 2.34. The second kappa shape index (κ2) is 12.0. The number of rotatable bonds is 8. The van der Waals surface area contributed by atoms with E-state index in [2.05, 4.69) is 40.4 Å². The van der Waals surface area contributed by atoms with Gasteiger partial charge in [0, 0.05) is 78.3 Å². The highest BCUT2D eigenvalue weighted by molar-refractivity contribution is 8.26. The molecule has 1 atom stereocenters. The first kappa shape index (κ1) is 27.7. The van der Waals surface area contributed by atoms with Gasteiger partial charge in [-0.3, -0.25) is 13.7 Å². The summed E-state index contributed by atoms with van der Waals surface area (Å²) >= 11 is 0. The van der Waals surface area contributed by atoms with Crippen molar-refractivity contribution < 1.29 is 13.4 Å². The molecule has 2 aromatic rings.